The minimum Gasteiger partial charge on any atom is -0.356 e. The second kappa shape index (κ2) is 6.64. The molecular weight excluding hydrogens is 360 g/mol. The van der Waals surface area contributed by atoms with Crippen molar-refractivity contribution in [1.82, 2.24) is 15.5 Å². The summed E-state index contributed by atoms with van der Waals surface area (Å²) in [5.41, 5.74) is 1.28. The molecule has 0 radical (unpaired) electrons. The smallest absolute Gasteiger partial charge is 0.280 e. The molecule has 130 valence electrons. The van der Waals surface area contributed by atoms with Crippen LogP contribution in [0.2, 0.25) is 0 Å². The van der Waals surface area contributed by atoms with E-state index in [0.29, 0.717) is 10.7 Å². The fraction of sp³-hybridized carbons (Fsp3) is 0.0556. The van der Waals surface area contributed by atoms with Crippen molar-refractivity contribution in [3.8, 4) is 11.3 Å². The number of carbonyl (C=O) groups is 1. The summed E-state index contributed by atoms with van der Waals surface area (Å²) in [6.45, 7) is 0.0983. The number of hydrogen-bond donors (Lipinski definition) is 1. The summed E-state index contributed by atoms with van der Waals surface area (Å²) in [6.07, 6.45) is 0. The first-order chi connectivity index (χ1) is 12.6. The maximum absolute atomic E-state index is 13.8. The van der Waals surface area contributed by atoms with E-state index in [1.165, 1.54) is 23.5 Å². The molecule has 2 aromatic carbocycles. The summed E-state index contributed by atoms with van der Waals surface area (Å²) in [4.78, 5) is 16.5. The molecule has 0 aliphatic carbocycles. The summed E-state index contributed by atoms with van der Waals surface area (Å²) in [6, 6.07) is 12.1. The van der Waals surface area contributed by atoms with Crippen molar-refractivity contribution in [2.75, 3.05) is 0 Å². The molecule has 0 fully saturated rings. The Morgan fingerprint density at radius 1 is 1.15 bits per heavy atom. The predicted molar refractivity (Wildman–Crippen MR) is 92.6 cm³/mol. The minimum absolute atomic E-state index is 0.0983. The second-order valence-electron chi connectivity index (χ2n) is 5.48. The average Bonchev–Trinajstić information content (AvgIpc) is 3.26. The fourth-order valence-corrected chi connectivity index (χ4v) is 3.31. The highest BCUT2D eigenvalue weighted by Gasteiger charge is 2.15. The standard InChI is InChI=1S/C18H11F2N3O2S/c19-10-5-6-12(13(20)7-10)15-8-11(23-25-15)9-21-17(24)18-22-14-3-1-2-4-16(14)26-18/h1-8H,9H2,(H,21,24). The van der Waals surface area contributed by atoms with Crippen molar-refractivity contribution in [3.63, 3.8) is 0 Å². The van der Waals surface area contributed by atoms with Crippen LogP contribution in [0.4, 0.5) is 8.78 Å². The van der Waals surface area contributed by atoms with E-state index in [9.17, 15) is 13.6 Å². The Kier molecular flexibility index (Phi) is 4.18. The Balaban J connectivity index is 1.46. The molecule has 0 atom stereocenters. The Morgan fingerprint density at radius 3 is 2.81 bits per heavy atom. The van der Waals surface area contributed by atoms with E-state index in [4.69, 9.17) is 4.52 Å². The van der Waals surface area contributed by atoms with Gasteiger partial charge in [0.1, 0.15) is 17.3 Å². The summed E-state index contributed by atoms with van der Waals surface area (Å²) in [7, 11) is 0. The van der Waals surface area contributed by atoms with Crippen molar-refractivity contribution in [2.24, 2.45) is 0 Å². The number of carbonyl (C=O) groups excluding carboxylic acids is 1. The summed E-state index contributed by atoms with van der Waals surface area (Å²) in [5, 5.41) is 6.84. The molecule has 0 saturated heterocycles. The zero-order chi connectivity index (χ0) is 18.1. The number of nitrogens with one attached hydrogen (secondary N) is 1. The van der Waals surface area contributed by atoms with Gasteiger partial charge in [-0.1, -0.05) is 17.3 Å². The normalized spacial score (nSPS) is 11.0. The van der Waals surface area contributed by atoms with Gasteiger partial charge in [0.25, 0.3) is 5.91 Å². The average molecular weight is 371 g/mol. The topological polar surface area (TPSA) is 68.0 Å². The van der Waals surface area contributed by atoms with Crippen LogP contribution in [0, 0.1) is 11.6 Å². The lowest BCUT2D eigenvalue weighted by atomic mass is 10.1. The van der Waals surface area contributed by atoms with E-state index in [1.54, 1.807) is 0 Å². The van der Waals surface area contributed by atoms with Crippen LogP contribution in [0.1, 0.15) is 15.5 Å². The Morgan fingerprint density at radius 2 is 2.00 bits per heavy atom. The number of rotatable bonds is 4. The number of thiazole rings is 1. The molecule has 5 nitrogen and oxygen atoms in total. The molecule has 1 N–H and O–H groups in total. The van der Waals surface area contributed by atoms with Crippen molar-refractivity contribution < 1.29 is 18.1 Å². The van der Waals surface area contributed by atoms with Gasteiger partial charge in [0.2, 0.25) is 0 Å². The van der Waals surface area contributed by atoms with Gasteiger partial charge in [-0.05, 0) is 24.3 Å². The fourth-order valence-electron chi connectivity index (χ4n) is 2.43. The van der Waals surface area contributed by atoms with Crippen LogP contribution in [-0.4, -0.2) is 16.0 Å². The molecule has 0 unspecified atom stereocenters. The SMILES string of the molecule is O=C(NCc1cc(-c2ccc(F)cc2F)on1)c1nc2ccccc2s1. The molecule has 8 heteroatoms. The van der Waals surface area contributed by atoms with Gasteiger partial charge >= 0.3 is 0 Å². The lowest BCUT2D eigenvalue weighted by Crippen LogP contribution is -2.22. The van der Waals surface area contributed by atoms with Crippen LogP contribution in [0.25, 0.3) is 21.5 Å². The van der Waals surface area contributed by atoms with E-state index in [-0.39, 0.29) is 23.8 Å². The Labute approximate surface area is 150 Å². The van der Waals surface area contributed by atoms with Crippen molar-refractivity contribution in [1.29, 1.82) is 0 Å². The molecule has 4 aromatic rings. The first-order valence-corrected chi connectivity index (χ1v) is 8.46. The predicted octanol–water partition coefficient (Wildman–Crippen LogP) is 4.16. The zero-order valence-corrected chi connectivity index (χ0v) is 14.0. The molecule has 0 bridgehead atoms. The van der Waals surface area contributed by atoms with E-state index in [1.807, 2.05) is 24.3 Å². The largest absolute Gasteiger partial charge is 0.356 e. The first-order valence-electron chi connectivity index (χ1n) is 7.65. The number of benzene rings is 2. The van der Waals surface area contributed by atoms with Gasteiger partial charge in [-0.3, -0.25) is 4.79 Å². The molecule has 2 aromatic heterocycles. The van der Waals surface area contributed by atoms with E-state index < -0.39 is 11.6 Å². The summed E-state index contributed by atoms with van der Waals surface area (Å²) >= 11 is 1.29. The number of aromatic nitrogens is 2. The zero-order valence-electron chi connectivity index (χ0n) is 13.2. The summed E-state index contributed by atoms with van der Waals surface area (Å²) < 4.78 is 32.8. The van der Waals surface area contributed by atoms with Crippen molar-refractivity contribution >= 4 is 27.5 Å². The van der Waals surface area contributed by atoms with E-state index >= 15 is 0 Å². The lowest BCUT2D eigenvalue weighted by molar-refractivity contribution is 0.0950. The van der Waals surface area contributed by atoms with Crippen LogP contribution in [0.5, 0.6) is 0 Å². The second-order valence-corrected chi connectivity index (χ2v) is 6.51. The third-order valence-electron chi connectivity index (χ3n) is 3.67. The molecule has 2 heterocycles. The van der Waals surface area contributed by atoms with Crippen LogP contribution >= 0.6 is 11.3 Å². The van der Waals surface area contributed by atoms with Gasteiger partial charge in [-0.2, -0.15) is 0 Å². The number of hydrogen-bond acceptors (Lipinski definition) is 5. The molecule has 4 rings (SSSR count). The minimum atomic E-state index is -0.744. The highest BCUT2D eigenvalue weighted by Crippen LogP contribution is 2.24. The quantitative estimate of drug-likeness (QED) is 0.585. The molecule has 0 aliphatic rings. The first kappa shape index (κ1) is 16.3. The van der Waals surface area contributed by atoms with Gasteiger partial charge in [-0.25, -0.2) is 13.8 Å². The number of fused-ring (bicyclic) bond motifs is 1. The number of halogens is 2. The molecule has 0 aliphatic heterocycles. The number of para-hydroxylation sites is 1. The molecule has 0 spiro atoms. The van der Waals surface area contributed by atoms with Gasteiger partial charge in [-0.15, -0.1) is 11.3 Å². The van der Waals surface area contributed by atoms with Gasteiger partial charge in [0.05, 0.1) is 22.3 Å². The van der Waals surface area contributed by atoms with Crippen LogP contribution in [-0.2, 0) is 6.54 Å². The molecule has 26 heavy (non-hydrogen) atoms. The van der Waals surface area contributed by atoms with E-state index in [2.05, 4.69) is 15.5 Å². The third kappa shape index (κ3) is 3.18. The van der Waals surface area contributed by atoms with Gasteiger partial charge in [0.15, 0.2) is 10.8 Å². The Bertz CT molecular complexity index is 1070. The highest BCUT2D eigenvalue weighted by molar-refractivity contribution is 7.20. The molecule has 1 amide bonds. The van der Waals surface area contributed by atoms with Crippen LogP contribution < -0.4 is 5.32 Å². The Hall–Kier alpha value is -3.13. The van der Waals surface area contributed by atoms with Gasteiger partial charge < -0.3 is 9.84 Å². The monoisotopic (exact) mass is 371 g/mol. The van der Waals surface area contributed by atoms with Gasteiger partial charge in [0, 0.05) is 12.1 Å². The van der Waals surface area contributed by atoms with E-state index in [0.717, 1.165) is 22.3 Å². The van der Waals surface area contributed by atoms with Crippen LogP contribution in [0.3, 0.4) is 0 Å². The molecule has 0 saturated carbocycles. The van der Waals surface area contributed by atoms with Crippen molar-refractivity contribution in [3.05, 3.63) is 70.9 Å². The van der Waals surface area contributed by atoms with Crippen LogP contribution in [0.15, 0.2) is 53.1 Å². The summed E-state index contributed by atoms with van der Waals surface area (Å²) in [5.74, 6) is -1.59. The molecular formula is C18H11F2N3O2S. The highest BCUT2D eigenvalue weighted by atomic mass is 32.1. The maximum Gasteiger partial charge on any atom is 0.280 e. The third-order valence-corrected chi connectivity index (χ3v) is 4.71. The maximum atomic E-state index is 13.8. The van der Waals surface area contributed by atoms with Crippen molar-refractivity contribution in [2.45, 2.75) is 6.54 Å². The number of amides is 1. The number of nitrogens with zero attached hydrogens (tertiary/aromatic N) is 2. The lowest BCUT2D eigenvalue weighted by Gasteiger charge is -1.98.